The number of hydrogen-bond acceptors (Lipinski definition) is 4. The summed E-state index contributed by atoms with van der Waals surface area (Å²) >= 11 is 0. The highest BCUT2D eigenvalue weighted by molar-refractivity contribution is 6.13. The Morgan fingerprint density at radius 2 is 0.875 bits per heavy atom. The highest BCUT2D eigenvalue weighted by Crippen LogP contribution is 2.41. The maximum Gasteiger partial charge on any atom is 0.238 e. The van der Waals surface area contributed by atoms with Crippen molar-refractivity contribution in [1.29, 1.82) is 0 Å². The van der Waals surface area contributed by atoms with Crippen molar-refractivity contribution in [3.63, 3.8) is 0 Å². The van der Waals surface area contributed by atoms with E-state index >= 15 is 0 Å². The van der Waals surface area contributed by atoms with E-state index in [2.05, 4.69) is 144 Å². The fourth-order valence-corrected chi connectivity index (χ4v) is 7.94. The molecule has 0 saturated carbocycles. The van der Waals surface area contributed by atoms with Crippen molar-refractivity contribution in [2.24, 2.45) is 0 Å². The van der Waals surface area contributed by atoms with Crippen molar-refractivity contribution in [2.75, 3.05) is 0 Å². The Kier molecular flexibility index (Phi) is 7.42. The number of hydrogen-bond donors (Lipinski definition) is 0. The molecule has 3 aromatic heterocycles. The zero-order chi connectivity index (χ0) is 37.0. The average Bonchev–Trinajstić information content (AvgIpc) is 3.82. The lowest BCUT2D eigenvalue weighted by Crippen LogP contribution is -2.06. The third kappa shape index (κ3) is 5.37. The van der Waals surface area contributed by atoms with Gasteiger partial charge in [0, 0.05) is 38.2 Å². The predicted molar refractivity (Wildman–Crippen MR) is 229 cm³/mol. The lowest BCUT2D eigenvalue weighted by Gasteiger charge is -2.12. The van der Waals surface area contributed by atoms with E-state index in [0.717, 1.165) is 88.3 Å². The summed E-state index contributed by atoms with van der Waals surface area (Å²) in [6.45, 7) is 0. The Morgan fingerprint density at radius 3 is 1.61 bits per heavy atom. The molecule has 11 aromatic rings. The molecule has 3 heterocycles. The van der Waals surface area contributed by atoms with Crippen molar-refractivity contribution in [1.82, 2.24) is 19.5 Å². The van der Waals surface area contributed by atoms with Gasteiger partial charge >= 0.3 is 0 Å². The van der Waals surface area contributed by atoms with E-state index in [-0.39, 0.29) is 0 Å². The fourth-order valence-electron chi connectivity index (χ4n) is 7.94. The zero-order valence-corrected chi connectivity index (χ0v) is 30.2. The molecule has 0 aliphatic heterocycles. The highest BCUT2D eigenvalue weighted by atomic mass is 16.3. The lowest BCUT2D eigenvalue weighted by molar-refractivity contribution is 0.670. The fraction of sp³-hybridized carbons (Fsp3) is 0. The van der Waals surface area contributed by atoms with Gasteiger partial charge in [-0.2, -0.15) is 9.97 Å². The Bertz CT molecular complexity index is 3220. The van der Waals surface area contributed by atoms with Crippen molar-refractivity contribution in [2.45, 2.75) is 0 Å². The lowest BCUT2D eigenvalue weighted by atomic mass is 9.95. The molecular formula is C51H32N4O. The summed E-state index contributed by atoms with van der Waals surface area (Å²) in [5.41, 5.74) is 12.3. The second-order valence-corrected chi connectivity index (χ2v) is 14.0. The molecule has 0 atom stereocenters. The van der Waals surface area contributed by atoms with Crippen LogP contribution in [-0.4, -0.2) is 19.5 Å². The zero-order valence-electron chi connectivity index (χ0n) is 30.2. The number of para-hydroxylation sites is 2. The molecule has 11 rings (SSSR count). The first-order chi connectivity index (χ1) is 27.7. The third-order valence-electron chi connectivity index (χ3n) is 10.7. The number of benzene rings is 8. The summed E-state index contributed by atoms with van der Waals surface area (Å²) in [5.74, 6) is 1.79. The predicted octanol–water partition coefficient (Wildman–Crippen LogP) is 13.2. The minimum Gasteiger partial charge on any atom is -0.455 e. The average molecular weight is 717 g/mol. The Balaban J connectivity index is 1.13. The molecule has 0 aliphatic rings. The quantitative estimate of drug-likeness (QED) is 0.172. The van der Waals surface area contributed by atoms with Crippen LogP contribution in [0.15, 0.2) is 199 Å². The van der Waals surface area contributed by atoms with Crippen LogP contribution in [0.25, 0.3) is 106 Å². The third-order valence-corrected chi connectivity index (χ3v) is 10.7. The normalized spacial score (nSPS) is 11.6. The van der Waals surface area contributed by atoms with Gasteiger partial charge < -0.3 is 4.42 Å². The largest absolute Gasteiger partial charge is 0.455 e. The number of fused-ring (bicyclic) bond motifs is 6. The van der Waals surface area contributed by atoms with Crippen molar-refractivity contribution in [3.8, 4) is 62.1 Å². The second-order valence-electron chi connectivity index (χ2n) is 14.0. The summed E-state index contributed by atoms with van der Waals surface area (Å²) in [4.78, 5) is 15.5. The van der Waals surface area contributed by atoms with E-state index in [4.69, 9.17) is 19.4 Å². The van der Waals surface area contributed by atoms with Gasteiger partial charge in [-0.25, -0.2) is 4.98 Å². The van der Waals surface area contributed by atoms with Gasteiger partial charge in [0.25, 0.3) is 0 Å². The number of aromatic nitrogens is 4. The van der Waals surface area contributed by atoms with Gasteiger partial charge in [-0.05, 0) is 58.1 Å². The van der Waals surface area contributed by atoms with E-state index in [9.17, 15) is 0 Å². The first-order valence-corrected chi connectivity index (χ1v) is 18.8. The molecule has 0 N–H and O–H groups in total. The maximum atomic E-state index is 6.51. The first kappa shape index (κ1) is 31.9. The van der Waals surface area contributed by atoms with Gasteiger partial charge in [-0.1, -0.05) is 164 Å². The van der Waals surface area contributed by atoms with Gasteiger partial charge in [0.1, 0.15) is 11.2 Å². The number of furan rings is 1. The summed E-state index contributed by atoms with van der Waals surface area (Å²) < 4.78 is 8.70. The number of rotatable bonds is 6. The van der Waals surface area contributed by atoms with Crippen LogP contribution < -0.4 is 0 Å². The van der Waals surface area contributed by atoms with Crippen LogP contribution in [-0.2, 0) is 0 Å². The first-order valence-electron chi connectivity index (χ1n) is 18.8. The van der Waals surface area contributed by atoms with E-state index in [1.807, 2.05) is 54.6 Å². The molecule has 0 saturated heterocycles. The molecule has 8 aromatic carbocycles. The van der Waals surface area contributed by atoms with E-state index < -0.39 is 0 Å². The molecule has 0 aliphatic carbocycles. The van der Waals surface area contributed by atoms with Crippen LogP contribution >= 0.6 is 0 Å². The molecule has 0 fully saturated rings. The maximum absolute atomic E-state index is 6.51. The van der Waals surface area contributed by atoms with Gasteiger partial charge in [-0.3, -0.25) is 4.57 Å². The van der Waals surface area contributed by atoms with Gasteiger partial charge in [-0.15, -0.1) is 0 Å². The van der Waals surface area contributed by atoms with Crippen LogP contribution in [0.4, 0.5) is 0 Å². The molecule has 5 heteroatoms. The Morgan fingerprint density at radius 1 is 0.339 bits per heavy atom. The molecule has 262 valence electrons. The Labute approximate surface area is 322 Å². The molecule has 5 nitrogen and oxygen atoms in total. The van der Waals surface area contributed by atoms with E-state index in [1.54, 1.807) is 0 Å². The van der Waals surface area contributed by atoms with Crippen LogP contribution in [0.3, 0.4) is 0 Å². The molecule has 0 bridgehead atoms. The van der Waals surface area contributed by atoms with E-state index in [1.165, 1.54) is 0 Å². The van der Waals surface area contributed by atoms with E-state index in [0.29, 0.717) is 17.6 Å². The van der Waals surface area contributed by atoms with Crippen LogP contribution in [0.5, 0.6) is 0 Å². The van der Waals surface area contributed by atoms with Crippen LogP contribution in [0, 0.1) is 0 Å². The summed E-state index contributed by atoms with van der Waals surface area (Å²) in [5, 5.41) is 4.44. The van der Waals surface area contributed by atoms with Gasteiger partial charge in [0.15, 0.2) is 11.6 Å². The van der Waals surface area contributed by atoms with Gasteiger partial charge in [0.2, 0.25) is 5.95 Å². The van der Waals surface area contributed by atoms with Crippen LogP contribution in [0.1, 0.15) is 0 Å². The minimum atomic E-state index is 0.561. The van der Waals surface area contributed by atoms with Crippen LogP contribution in [0.2, 0.25) is 0 Å². The van der Waals surface area contributed by atoms with Crippen molar-refractivity contribution >= 4 is 43.7 Å². The summed E-state index contributed by atoms with van der Waals surface area (Å²) in [6.07, 6.45) is 0. The van der Waals surface area contributed by atoms with Gasteiger partial charge in [0.05, 0.1) is 11.0 Å². The molecule has 0 radical (unpaired) electrons. The second kappa shape index (κ2) is 13.0. The molecule has 56 heavy (non-hydrogen) atoms. The van der Waals surface area contributed by atoms with Crippen molar-refractivity contribution in [3.05, 3.63) is 194 Å². The smallest absolute Gasteiger partial charge is 0.238 e. The molecule has 0 unspecified atom stereocenters. The SMILES string of the molecule is c1ccc(-c2ccc(-c3nc(-c4ccccc4)nc(-n4c5ccccc5c5ccc(-c6cc(-c7ccccc7)c7oc8ccccc8c7c6)cc54)n3)cc2)cc1. The Hall–Kier alpha value is -7.63. The topological polar surface area (TPSA) is 56.7 Å². The summed E-state index contributed by atoms with van der Waals surface area (Å²) in [6, 6.07) is 67.5. The monoisotopic (exact) mass is 716 g/mol. The molecular weight excluding hydrogens is 685 g/mol. The number of nitrogens with zero attached hydrogens (tertiary/aromatic N) is 4. The summed E-state index contributed by atoms with van der Waals surface area (Å²) in [7, 11) is 0. The molecule has 0 amide bonds. The minimum absolute atomic E-state index is 0.561. The standard InChI is InChI=1S/C51H32N4O/c1-4-14-33(15-5-1)34-24-26-37(27-25-34)50-52-49(36-18-8-3-9-19-36)53-51(54-50)55-45-22-12-10-20-40(45)41-29-28-38(32-46(41)55)39-30-43(35-16-6-2-7-17-35)48-44(31-39)42-21-11-13-23-47(42)56-48/h1-32H. The highest BCUT2D eigenvalue weighted by Gasteiger charge is 2.20. The molecule has 0 spiro atoms. The van der Waals surface area contributed by atoms with Crippen molar-refractivity contribution < 1.29 is 4.42 Å².